The molecule has 2 aromatic carbocycles. The van der Waals surface area contributed by atoms with Gasteiger partial charge in [-0.05, 0) is 57.4 Å². The first-order valence-corrected chi connectivity index (χ1v) is 7.73. The van der Waals surface area contributed by atoms with Gasteiger partial charge >= 0.3 is 5.97 Å². The van der Waals surface area contributed by atoms with Gasteiger partial charge in [0.25, 0.3) is 0 Å². The van der Waals surface area contributed by atoms with Crippen molar-refractivity contribution in [3.63, 3.8) is 0 Å². The zero-order valence-corrected chi connectivity index (χ0v) is 14.1. The van der Waals surface area contributed by atoms with Gasteiger partial charge in [0.05, 0.1) is 5.41 Å². The summed E-state index contributed by atoms with van der Waals surface area (Å²) in [6.07, 6.45) is 0.756. The lowest BCUT2D eigenvalue weighted by molar-refractivity contribution is -0.144. The van der Waals surface area contributed by atoms with Gasteiger partial charge in [-0.15, -0.1) is 0 Å². The molecule has 0 fully saturated rings. The predicted molar refractivity (Wildman–Crippen MR) is 91.1 cm³/mol. The molecule has 2 aromatic rings. The Morgan fingerprint density at radius 3 is 2.00 bits per heavy atom. The van der Waals surface area contributed by atoms with Crippen LogP contribution in [-0.4, -0.2) is 5.97 Å². The van der Waals surface area contributed by atoms with Crippen molar-refractivity contribution >= 4 is 5.97 Å². The van der Waals surface area contributed by atoms with Gasteiger partial charge in [-0.2, -0.15) is 0 Å². The lowest BCUT2D eigenvalue weighted by Crippen LogP contribution is -2.28. The molecule has 0 aromatic heterocycles. The lowest BCUT2D eigenvalue weighted by Gasteiger charge is -2.20. The molecule has 0 heterocycles. The summed E-state index contributed by atoms with van der Waals surface area (Å²) < 4.78 is 5.47. The number of carbonyl (C=O) groups excluding carboxylic acids is 1. The maximum absolute atomic E-state index is 12.1. The van der Waals surface area contributed by atoms with Crippen LogP contribution in [0, 0.1) is 19.3 Å². The molecule has 2 rings (SSSR count). The zero-order chi connectivity index (χ0) is 16.3. The van der Waals surface area contributed by atoms with E-state index >= 15 is 0 Å². The average Bonchev–Trinajstić information content (AvgIpc) is 2.47. The SMILES string of the molecule is CCC(C)(C)C(=O)Oc1ccc(-c2cc(C)cc(C)c2)cc1. The molecule has 0 radical (unpaired) electrons. The maximum Gasteiger partial charge on any atom is 0.316 e. The van der Waals surface area contributed by atoms with Crippen LogP contribution in [0.4, 0.5) is 0 Å². The highest BCUT2D eigenvalue weighted by Gasteiger charge is 2.27. The van der Waals surface area contributed by atoms with Crippen molar-refractivity contribution in [1.82, 2.24) is 0 Å². The Morgan fingerprint density at radius 2 is 1.50 bits per heavy atom. The van der Waals surface area contributed by atoms with Gasteiger partial charge in [-0.3, -0.25) is 4.79 Å². The topological polar surface area (TPSA) is 26.3 Å². The van der Waals surface area contributed by atoms with E-state index in [1.807, 2.05) is 45.0 Å². The largest absolute Gasteiger partial charge is 0.426 e. The van der Waals surface area contributed by atoms with Crippen LogP contribution in [0.3, 0.4) is 0 Å². The van der Waals surface area contributed by atoms with E-state index in [1.54, 1.807) is 0 Å². The van der Waals surface area contributed by atoms with Gasteiger partial charge in [0.15, 0.2) is 0 Å². The van der Waals surface area contributed by atoms with Gasteiger partial charge in [0.2, 0.25) is 0 Å². The van der Waals surface area contributed by atoms with Crippen molar-refractivity contribution in [2.24, 2.45) is 5.41 Å². The molecule has 0 atom stereocenters. The zero-order valence-electron chi connectivity index (χ0n) is 14.1. The number of hydrogen-bond donors (Lipinski definition) is 0. The molecular formula is C20H24O2. The van der Waals surface area contributed by atoms with Crippen molar-refractivity contribution in [3.8, 4) is 16.9 Å². The second-order valence-corrected chi connectivity index (χ2v) is 6.53. The molecular weight excluding hydrogens is 272 g/mol. The van der Waals surface area contributed by atoms with E-state index in [9.17, 15) is 4.79 Å². The van der Waals surface area contributed by atoms with Crippen LogP contribution in [0.25, 0.3) is 11.1 Å². The van der Waals surface area contributed by atoms with E-state index in [1.165, 1.54) is 16.7 Å². The Balaban J connectivity index is 2.19. The Hall–Kier alpha value is -2.09. The van der Waals surface area contributed by atoms with Crippen LogP contribution < -0.4 is 4.74 Å². The Labute approximate surface area is 133 Å². The first-order chi connectivity index (χ1) is 10.3. The minimum absolute atomic E-state index is 0.186. The van der Waals surface area contributed by atoms with E-state index < -0.39 is 5.41 Å². The van der Waals surface area contributed by atoms with E-state index in [2.05, 4.69) is 32.0 Å². The quantitative estimate of drug-likeness (QED) is 0.564. The minimum atomic E-state index is -0.452. The molecule has 0 aliphatic rings. The Morgan fingerprint density at radius 1 is 0.955 bits per heavy atom. The smallest absolute Gasteiger partial charge is 0.316 e. The summed E-state index contributed by atoms with van der Waals surface area (Å²) in [5, 5.41) is 0. The number of ether oxygens (including phenoxy) is 1. The molecule has 116 valence electrons. The molecule has 0 spiro atoms. The summed E-state index contributed by atoms with van der Waals surface area (Å²) in [5.41, 5.74) is 4.35. The van der Waals surface area contributed by atoms with Gasteiger partial charge in [0, 0.05) is 0 Å². The number of carbonyl (C=O) groups is 1. The fourth-order valence-electron chi connectivity index (χ4n) is 2.25. The van der Waals surface area contributed by atoms with Gasteiger partial charge in [-0.1, -0.05) is 48.4 Å². The summed E-state index contributed by atoms with van der Waals surface area (Å²) in [4.78, 5) is 12.1. The second kappa shape index (κ2) is 6.35. The molecule has 0 saturated carbocycles. The molecule has 2 nitrogen and oxygen atoms in total. The Bertz CT molecular complexity index is 646. The van der Waals surface area contributed by atoms with E-state index in [-0.39, 0.29) is 5.97 Å². The third kappa shape index (κ3) is 3.76. The summed E-state index contributed by atoms with van der Waals surface area (Å²) in [5.74, 6) is 0.411. The fourth-order valence-corrected chi connectivity index (χ4v) is 2.25. The second-order valence-electron chi connectivity index (χ2n) is 6.53. The first-order valence-electron chi connectivity index (χ1n) is 7.73. The number of rotatable bonds is 4. The highest BCUT2D eigenvalue weighted by Crippen LogP contribution is 2.27. The summed E-state index contributed by atoms with van der Waals surface area (Å²) in [7, 11) is 0. The molecule has 22 heavy (non-hydrogen) atoms. The van der Waals surface area contributed by atoms with E-state index in [0.29, 0.717) is 5.75 Å². The van der Waals surface area contributed by atoms with Crippen LogP contribution in [-0.2, 0) is 4.79 Å². The molecule has 0 bridgehead atoms. The normalized spacial score (nSPS) is 11.3. The standard InChI is InChI=1S/C20H24O2/c1-6-20(4,5)19(21)22-18-9-7-16(8-10-18)17-12-14(2)11-15(3)13-17/h7-13H,6H2,1-5H3. The monoisotopic (exact) mass is 296 g/mol. The molecule has 0 aliphatic carbocycles. The van der Waals surface area contributed by atoms with Crippen LogP contribution in [0.5, 0.6) is 5.75 Å². The van der Waals surface area contributed by atoms with Crippen molar-refractivity contribution in [2.45, 2.75) is 41.0 Å². The van der Waals surface area contributed by atoms with Crippen LogP contribution in [0.2, 0.25) is 0 Å². The summed E-state index contributed by atoms with van der Waals surface area (Å²) in [6.45, 7) is 9.99. The third-order valence-electron chi connectivity index (χ3n) is 4.06. The summed E-state index contributed by atoms with van der Waals surface area (Å²) in [6, 6.07) is 14.2. The molecule has 0 unspecified atom stereocenters. The molecule has 0 amide bonds. The highest BCUT2D eigenvalue weighted by atomic mass is 16.5. The number of esters is 1. The van der Waals surface area contributed by atoms with Gasteiger partial charge in [-0.25, -0.2) is 0 Å². The molecule has 0 aliphatic heterocycles. The van der Waals surface area contributed by atoms with Crippen molar-refractivity contribution < 1.29 is 9.53 Å². The number of aryl methyl sites for hydroxylation is 2. The van der Waals surface area contributed by atoms with Gasteiger partial charge in [0.1, 0.15) is 5.75 Å². The molecule has 2 heteroatoms. The van der Waals surface area contributed by atoms with E-state index in [4.69, 9.17) is 4.74 Å². The lowest BCUT2D eigenvalue weighted by atomic mass is 9.91. The van der Waals surface area contributed by atoms with Crippen molar-refractivity contribution in [2.75, 3.05) is 0 Å². The maximum atomic E-state index is 12.1. The van der Waals surface area contributed by atoms with Crippen molar-refractivity contribution in [1.29, 1.82) is 0 Å². The number of hydrogen-bond acceptors (Lipinski definition) is 2. The van der Waals surface area contributed by atoms with Crippen molar-refractivity contribution in [3.05, 3.63) is 53.6 Å². The van der Waals surface area contributed by atoms with Crippen LogP contribution in [0.15, 0.2) is 42.5 Å². The molecule has 0 N–H and O–H groups in total. The molecule has 0 saturated heterocycles. The average molecular weight is 296 g/mol. The highest BCUT2D eigenvalue weighted by molar-refractivity contribution is 5.78. The van der Waals surface area contributed by atoms with E-state index in [0.717, 1.165) is 12.0 Å². The van der Waals surface area contributed by atoms with Gasteiger partial charge < -0.3 is 4.74 Å². The predicted octanol–water partition coefficient (Wildman–Crippen LogP) is 5.31. The Kier molecular flexibility index (Phi) is 4.70. The van der Waals surface area contributed by atoms with Crippen LogP contribution >= 0.6 is 0 Å². The minimum Gasteiger partial charge on any atom is -0.426 e. The number of benzene rings is 2. The first kappa shape index (κ1) is 16.3. The summed E-state index contributed by atoms with van der Waals surface area (Å²) >= 11 is 0. The fraction of sp³-hybridized carbons (Fsp3) is 0.350. The third-order valence-corrected chi connectivity index (χ3v) is 4.06. The van der Waals surface area contributed by atoms with Crippen LogP contribution in [0.1, 0.15) is 38.3 Å².